The molecule has 1 aromatic heterocycles. The van der Waals surface area contributed by atoms with Crippen LogP contribution in [0.25, 0.3) is 0 Å². The van der Waals surface area contributed by atoms with Crippen molar-refractivity contribution in [1.82, 2.24) is 5.16 Å². The Morgan fingerprint density at radius 3 is 2.89 bits per heavy atom. The predicted molar refractivity (Wildman–Crippen MR) is 67.7 cm³/mol. The molecule has 1 aliphatic rings. The quantitative estimate of drug-likeness (QED) is 0.925. The first-order valence-electron chi connectivity index (χ1n) is 5.76. The van der Waals surface area contributed by atoms with Gasteiger partial charge in [0, 0.05) is 12.5 Å². The average molecular weight is 280 g/mol. The van der Waals surface area contributed by atoms with Crippen LogP contribution in [0.4, 0.5) is 5.82 Å². The molecule has 1 N–H and O–H groups in total. The predicted octanol–water partition coefficient (Wildman–Crippen LogP) is 1.72. The molecule has 0 spiro atoms. The number of nitrogens with zero attached hydrogens (tertiary/aromatic N) is 1. The molecular formula is C12H12N2O4S. The number of sulfonamides is 1. The standard InChI is InChI=1S/C12H12N2O4S/c1-8-6-12(13-18-8)14-19(15,16)10-2-3-11-9(7-10)4-5-17-11/h2-3,6-7H,4-5H2,1H3,(H,13,14). The van der Waals surface area contributed by atoms with E-state index in [1.54, 1.807) is 19.1 Å². The molecule has 0 unspecified atom stereocenters. The Labute approximate surface area is 110 Å². The first-order chi connectivity index (χ1) is 9.04. The Kier molecular flexibility index (Phi) is 2.70. The second-order valence-corrected chi connectivity index (χ2v) is 5.98. The largest absolute Gasteiger partial charge is 0.493 e. The lowest BCUT2D eigenvalue weighted by Gasteiger charge is -2.06. The summed E-state index contributed by atoms with van der Waals surface area (Å²) in [6.45, 7) is 2.28. The Morgan fingerprint density at radius 1 is 1.32 bits per heavy atom. The van der Waals surface area contributed by atoms with Crippen LogP contribution in [0.3, 0.4) is 0 Å². The number of hydrogen-bond acceptors (Lipinski definition) is 5. The lowest BCUT2D eigenvalue weighted by Crippen LogP contribution is -2.13. The SMILES string of the molecule is Cc1cc(NS(=O)(=O)c2ccc3c(c2)CCO3)no1. The molecule has 1 aliphatic heterocycles. The molecule has 0 aliphatic carbocycles. The van der Waals surface area contributed by atoms with Crippen LogP contribution in [0, 0.1) is 6.92 Å². The number of hydrogen-bond donors (Lipinski definition) is 1. The highest BCUT2D eigenvalue weighted by molar-refractivity contribution is 7.92. The van der Waals surface area contributed by atoms with Gasteiger partial charge in [-0.1, -0.05) is 5.16 Å². The Bertz CT molecular complexity index is 721. The van der Waals surface area contributed by atoms with E-state index in [-0.39, 0.29) is 10.7 Å². The fourth-order valence-electron chi connectivity index (χ4n) is 1.94. The van der Waals surface area contributed by atoms with E-state index in [9.17, 15) is 8.42 Å². The number of nitrogens with one attached hydrogen (secondary N) is 1. The third kappa shape index (κ3) is 2.28. The average Bonchev–Trinajstić information content (AvgIpc) is 2.96. The van der Waals surface area contributed by atoms with Gasteiger partial charge >= 0.3 is 0 Å². The zero-order valence-electron chi connectivity index (χ0n) is 10.2. The van der Waals surface area contributed by atoms with Crippen LogP contribution in [0.2, 0.25) is 0 Å². The van der Waals surface area contributed by atoms with E-state index in [1.807, 2.05) is 0 Å². The minimum absolute atomic E-state index is 0.175. The molecule has 2 heterocycles. The Hall–Kier alpha value is -2.02. The third-order valence-electron chi connectivity index (χ3n) is 2.84. The van der Waals surface area contributed by atoms with Crippen LogP contribution >= 0.6 is 0 Å². The lowest BCUT2D eigenvalue weighted by molar-refractivity contribution is 0.356. The van der Waals surface area contributed by atoms with Crippen LogP contribution in [-0.2, 0) is 16.4 Å². The van der Waals surface area contributed by atoms with Gasteiger partial charge in [0.15, 0.2) is 5.82 Å². The van der Waals surface area contributed by atoms with Crippen molar-refractivity contribution in [3.05, 3.63) is 35.6 Å². The van der Waals surface area contributed by atoms with E-state index < -0.39 is 10.0 Å². The highest BCUT2D eigenvalue weighted by Crippen LogP contribution is 2.28. The first kappa shape index (κ1) is 12.0. The van der Waals surface area contributed by atoms with Gasteiger partial charge in [0.05, 0.1) is 11.5 Å². The third-order valence-corrected chi connectivity index (χ3v) is 4.19. The fourth-order valence-corrected chi connectivity index (χ4v) is 2.98. The summed E-state index contributed by atoms with van der Waals surface area (Å²) < 4.78 is 36.9. The number of rotatable bonds is 3. The number of benzene rings is 1. The van der Waals surface area contributed by atoms with Crippen molar-refractivity contribution in [3.63, 3.8) is 0 Å². The van der Waals surface area contributed by atoms with E-state index >= 15 is 0 Å². The first-order valence-corrected chi connectivity index (χ1v) is 7.25. The summed E-state index contributed by atoms with van der Waals surface area (Å²) in [5.74, 6) is 1.46. The summed E-state index contributed by atoms with van der Waals surface area (Å²) in [6, 6.07) is 6.33. The van der Waals surface area contributed by atoms with Gasteiger partial charge in [0.1, 0.15) is 11.5 Å². The fraction of sp³-hybridized carbons (Fsp3) is 0.250. The van der Waals surface area contributed by atoms with Crippen LogP contribution in [0.1, 0.15) is 11.3 Å². The van der Waals surface area contributed by atoms with Crippen molar-refractivity contribution in [2.75, 3.05) is 11.3 Å². The smallest absolute Gasteiger partial charge is 0.263 e. The Morgan fingerprint density at radius 2 is 2.16 bits per heavy atom. The van der Waals surface area contributed by atoms with Gasteiger partial charge in [-0.15, -0.1) is 0 Å². The zero-order valence-corrected chi connectivity index (χ0v) is 11.0. The molecular weight excluding hydrogens is 268 g/mol. The molecule has 100 valence electrons. The summed E-state index contributed by atoms with van der Waals surface area (Å²) in [5.41, 5.74) is 0.902. The number of fused-ring (bicyclic) bond motifs is 1. The summed E-state index contributed by atoms with van der Waals surface area (Å²) >= 11 is 0. The van der Waals surface area contributed by atoms with Crippen LogP contribution in [0.15, 0.2) is 33.7 Å². The molecule has 0 fully saturated rings. The summed E-state index contributed by atoms with van der Waals surface area (Å²) in [5, 5.41) is 3.61. The molecule has 0 amide bonds. The van der Waals surface area contributed by atoms with E-state index in [1.165, 1.54) is 12.1 Å². The van der Waals surface area contributed by atoms with E-state index in [0.29, 0.717) is 12.4 Å². The monoisotopic (exact) mass is 280 g/mol. The highest BCUT2D eigenvalue weighted by Gasteiger charge is 2.20. The van der Waals surface area contributed by atoms with Gasteiger partial charge in [-0.25, -0.2) is 8.42 Å². The van der Waals surface area contributed by atoms with Gasteiger partial charge in [-0.2, -0.15) is 0 Å². The molecule has 7 heteroatoms. The number of aryl methyl sites for hydroxylation is 1. The van der Waals surface area contributed by atoms with Crippen molar-refractivity contribution in [3.8, 4) is 5.75 Å². The van der Waals surface area contributed by atoms with E-state index in [4.69, 9.17) is 9.26 Å². The molecule has 6 nitrogen and oxygen atoms in total. The van der Waals surface area contributed by atoms with Crippen molar-refractivity contribution in [1.29, 1.82) is 0 Å². The molecule has 2 aromatic rings. The summed E-state index contributed by atoms with van der Waals surface area (Å²) in [7, 11) is -3.65. The highest BCUT2D eigenvalue weighted by atomic mass is 32.2. The molecule has 0 radical (unpaired) electrons. The molecule has 0 bridgehead atoms. The van der Waals surface area contributed by atoms with E-state index in [2.05, 4.69) is 9.88 Å². The zero-order chi connectivity index (χ0) is 13.5. The summed E-state index contributed by atoms with van der Waals surface area (Å²) in [6.07, 6.45) is 0.724. The number of ether oxygens (including phenoxy) is 1. The second kappa shape index (κ2) is 4.27. The maximum Gasteiger partial charge on any atom is 0.263 e. The van der Waals surface area contributed by atoms with Crippen LogP contribution in [0.5, 0.6) is 5.75 Å². The Balaban J connectivity index is 1.92. The van der Waals surface area contributed by atoms with Gasteiger partial charge in [0.2, 0.25) is 0 Å². The molecule has 0 saturated carbocycles. The minimum Gasteiger partial charge on any atom is -0.493 e. The molecule has 0 saturated heterocycles. The number of anilines is 1. The molecule has 19 heavy (non-hydrogen) atoms. The lowest BCUT2D eigenvalue weighted by atomic mass is 10.2. The summed E-state index contributed by atoms with van der Waals surface area (Å²) in [4.78, 5) is 0.192. The van der Waals surface area contributed by atoms with Crippen molar-refractivity contribution >= 4 is 15.8 Å². The van der Waals surface area contributed by atoms with Crippen molar-refractivity contribution in [2.45, 2.75) is 18.2 Å². The van der Waals surface area contributed by atoms with E-state index in [0.717, 1.165) is 17.7 Å². The van der Waals surface area contributed by atoms with Gasteiger partial charge in [-0.3, -0.25) is 4.72 Å². The van der Waals surface area contributed by atoms with Crippen LogP contribution in [-0.4, -0.2) is 20.2 Å². The molecule has 0 atom stereocenters. The maximum absolute atomic E-state index is 12.2. The van der Waals surface area contributed by atoms with Gasteiger partial charge < -0.3 is 9.26 Å². The number of aromatic nitrogens is 1. The maximum atomic E-state index is 12.2. The normalized spacial score (nSPS) is 13.9. The van der Waals surface area contributed by atoms with Crippen LogP contribution < -0.4 is 9.46 Å². The second-order valence-electron chi connectivity index (χ2n) is 4.30. The molecule has 1 aromatic carbocycles. The van der Waals surface area contributed by atoms with Crippen molar-refractivity contribution < 1.29 is 17.7 Å². The topological polar surface area (TPSA) is 81.4 Å². The molecule has 3 rings (SSSR count). The van der Waals surface area contributed by atoms with Gasteiger partial charge in [0.25, 0.3) is 10.0 Å². The van der Waals surface area contributed by atoms with Crippen molar-refractivity contribution in [2.24, 2.45) is 0 Å². The van der Waals surface area contributed by atoms with Gasteiger partial charge in [-0.05, 0) is 30.7 Å². The minimum atomic E-state index is -3.65.